The molecule has 1 saturated carbocycles. The smallest absolute Gasteiger partial charge is 0.318 e. The Kier molecular flexibility index (Phi) is 7.80. The van der Waals surface area contributed by atoms with Crippen LogP contribution >= 0.6 is 11.6 Å². The van der Waals surface area contributed by atoms with E-state index in [1.165, 1.54) is 19.3 Å². The summed E-state index contributed by atoms with van der Waals surface area (Å²) in [7, 11) is 1.66. The highest BCUT2D eigenvalue weighted by molar-refractivity contribution is 6.31. The maximum absolute atomic E-state index is 12.9. The maximum Gasteiger partial charge on any atom is 0.318 e. The van der Waals surface area contributed by atoms with E-state index in [-0.39, 0.29) is 6.03 Å². The van der Waals surface area contributed by atoms with Gasteiger partial charge in [0.25, 0.3) is 0 Å². The zero-order valence-electron chi connectivity index (χ0n) is 16.6. The van der Waals surface area contributed by atoms with E-state index in [1.54, 1.807) is 7.11 Å². The Morgan fingerprint density at radius 3 is 2.75 bits per heavy atom. The van der Waals surface area contributed by atoms with Gasteiger partial charge in [0, 0.05) is 43.2 Å². The van der Waals surface area contributed by atoms with Crippen molar-refractivity contribution in [3.05, 3.63) is 58.9 Å². The third-order valence-corrected chi connectivity index (χ3v) is 5.73. The lowest BCUT2D eigenvalue weighted by Gasteiger charge is -2.28. The van der Waals surface area contributed by atoms with Crippen LogP contribution in [-0.2, 0) is 17.8 Å². The van der Waals surface area contributed by atoms with Crippen molar-refractivity contribution in [3.8, 4) is 0 Å². The number of ether oxygens (including phenoxy) is 1. The van der Waals surface area contributed by atoms with Crippen molar-refractivity contribution in [2.75, 3.05) is 20.3 Å². The van der Waals surface area contributed by atoms with Gasteiger partial charge < -0.3 is 19.5 Å². The van der Waals surface area contributed by atoms with Crippen LogP contribution < -0.4 is 5.32 Å². The van der Waals surface area contributed by atoms with E-state index >= 15 is 0 Å². The lowest BCUT2D eigenvalue weighted by Crippen LogP contribution is -2.46. The summed E-state index contributed by atoms with van der Waals surface area (Å²) in [5, 5.41) is 3.98. The molecule has 2 aromatic rings. The predicted molar refractivity (Wildman–Crippen MR) is 113 cm³/mol. The number of nitrogens with one attached hydrogen (secondary N) is 1. The first-order chi connectivity index (χ1) is 13.7. The van der Waals surface area contributed by atoms with Gasteiger partial charge in [-0.1, -0.05) is 49.1 Å². The first kappa shape index (κ1) is 20.7. The number of carbonyl (C=O) groups is 1. The minimum atomic E-state index is -0.00514. The summed E-state index contributed by atoms with van der Waals surface area (Å²) >= 11 is 6.32. The summed E-state index contributed by atoms with van der Waals surface area (Å²) in [6.45, 7) is 2.30. The normalized spacial score (nSPS) is 14.8. The van der Waals surface area contributed by atoms with Gasteiger partial charge in [-0.3, -0.25) is 0 Å². The summed E-state index contributed by atoms with van der Waals surface area (Å²) in [6, 6.07) is 12.2. The molecule has 0 aliphatic heterocycles. The van der Waals surface area contributed by atoms with Crippen LogP contribution in [-0.4, -0.2) is 41.8 Å². The molecule has 3 rings (SSSR count). The molecule has 0 spiro atoms. The second-order valence-electron chi connectivity index (χ2n) is 7.42. The largest absolute Gasteiger partial charge is 0.383 e. The fourth-order valence-corrected chi connectivity index (χ4v) is 3.92. The monoisotopic (exact) mass is 403 g/mol. The van der Waals surface area contributed by atoms with E-state index in [2.05, 4.69) is 16.0 Å². The van der Waals surface area contributed by atoms with Gasteiger partial charge in [0.2, 0.25) is 0 Å². The van der Waals surface area contributed by atoms with E-state index in [4.69, 9.17) is 16.3 Å². The molecule has 1 heterocycles. The number of hydrogen-bond donors (Lipinski definition) is 1. The number of urea groups is 1. The number of amides is 2. The SMILES string of the molecule is COCCN(Cc1cccn1Cc1ccccc1Cl)C(=O)NC1CCCCC1. The highest BCUT2D eigenvalue weighted by atomic mass is 35.5. The van der Waals surface area contributed by atoms with Gasteiger partial charge in [-0.15, -0.1) is 0 Å². The van der Waals surface area contributed by atoms with E-state index in [0.29, 0.717) is 32.3 Å². The molecule has 2 amide bonds. The Labute approximate surface area is 172 Å². The van der Waals surface area contributed by atoms with Crippen LogP contribution in [0.2, 0.25) is 5.02 Å². The lowest BCUT2D eigenvalue weighted by atomic mass is 9.96. The molecule has 5 nitrogen and oxygen atoms in total. The van der Waals surface area contributed by atoms with Gasteiger partial charge in [0.15, 0.2) is 0 Å². The molecule has 1 aliphatic carbocycles. The Bertz CT molecular complexity index is 756. The van der Waals surface area contributed by atoms with Crippen LogP contribution in [0.25, 0.3) is 0 Å². The average Bonchev–Trinajstić information content (AvgIpc) is 3.14. The molecule has 6 heteroatoms. The summed E-state index contributed by atoms with van der Waals surface area (Å²) in [5.41, 5.74) is 2.14. The highest BCUT2D eigenvalue weighted by Crippen LogP contribution is 2.19. The molecule has 0 atom stereocenters. The third kappa shape index (κ3) is 5.76. The Hall–Kier alpha value is -1.98. The second-order valence-corrected chi connectivity index (χ2v) is 7.82. The Morgan fingerprint density at radius 2 is 2.00 bits per heavy atom. The van der Waals surface area contributed by atoms with Crippen molar-refractivity contribution in [1.29, 1.82) is 0 Å². The van der Waals surface area contributed by atoms with E-state index in [9.17, 15) is 4.79 Å². The van der Waals surface area contributed by atoms with Crippen LogP contribution in [0.5, 0.6) is 0 Å². The Balaban J connectivity index is 1.68. The van der Waals surface area contributed by atoms with Gasteiger partial charge >= 0.3 is 6.03 Å². The molecule has 152 valence electrons. The number of nitrogens with zero attached hydrogens (tertiary/aromatic N) is 2. The number of hydrogen-bond acceptors (Lipinski definition) is 2. The van der Waals surface area contributed by atoms with Crippen LogP contribution in [0.3, 0.4) is 0 Å². The first-order valence-electron chi connectivity index (χ1n) is 10.1. The second kappa shape index (κ2) is 10.5. The number of halogens is 1. The number of rotatable bonds is 8. The van der Waals surface area contributed by atoms with Gasteiger partial charge in [-0.25, -0.2) is 4.79 Å². The molecule has 0 unspecified atom stereocenters. The fraction of sp³-hybridized carbons (Fsp3) is 0.500. The van der Waals surface area contributed by atoms with Crippen LogP contribution in [0.4, 0.5) is 4.79 Å². The predicted octanol–water partition coefficient (Wildman–Crippen LogP) is 4.68. The van der Waals surface area contributed by atoms with Gasteiger partial charge in [0.1, 0.15) is 0 Å². The molecule has 0 bridgehead atoms. The van der Waals surface area contributed by atoms with Gasteiger partial charge in [-0.05, 0) is 36.6 Å². The van der Waals surface area contributed by atoms with Crippen molar-refractivity contribution in [2.45, 2.75) is 51.2 Å². The molecular formula is C22H30ClN3O2. The minimum absolute atomic E-state index is 0.00514. The van der Waals surface area contributed by atoms with Gasteiger partial charge in [-0.2, -0.15) is 0 Å². The standard InChI is InChI=1S/C22H30ClN3O2/c1-28-15-14-26(22(27)24-19-9-3-2-4-10-19)17-20-11-7-13-25(20)16-18-8-5-6-12-21(18)23/h5-8,11-13,19H,2-4,9-10,14-17H2,1H3,(H,24,27). The minimum Gasteiger partial charge on any atom is -0.383 e. The molecule has 1 fully saturated rings. The Morgan fingerprint density at radius 1 is 1.21 bits per heavy atom. The average molecular weight is 404 g/mol. The van der Waals surface area contributed by atoms with Crippen LogP contribution in [0.15, 0.2) is 42.6 Å². The quantitative estimate of drug-likeness (QED) is 0.695. The van der Waals surface area contributed by atoms with Crippen molar-refractivity contribution in [2.24, 2.45) is 0 Å². The zero-order chi connectivity index (χ0) is 19.8. The van der Waals surface area contributed by atoms with Crippen molar-refractivity contribution < 1.29 is 9.53 Å². The van der Waals surface area contributed by atoms with Crippen molar-refractivity contribution >= 4 is 17.6 Å². The van der Waals surface area contributed by atoms with E-state index in [0.717, 1.165) is 29.1 Å². The summed E-state index contributed by atoms with van der Waals surface area (Å²) in [4.78, 5) is 14.7. The molecule has 1 aromatic heterocycles. The molecule has 0 radical (unpaired) electrons. The number of methoxy groups -OCH3 is 1. The molecule has 1 aliphatic rings. The van der Waals surface area contributed by atoms with E-state index in [1.807, 2.05) is 41.4 Å². The van der Waals surface area contributed by atoms with Crippen LogP contribution in [0, 0.1) is 0 Å². The van der Waals surface area contributed by atoms with Crippen molar-refractivity contribution in [1.82, 2.24) is 14.8 Å². The highest BCUT2D eigenvalue weighted by Gasteiger charge is 2.21. The van der Waals surface area contributed by atoms with Gasteiger partial charge in [0.05, 0.1) is 13.2 Å². The number of carbonyl (C=O) groups excluding carboxylic acids is 1. The summed E-state index contributed by atoms with van der Waals surface area (Å²) in [6.07, 6.45) is 7.86. The molecule has 0 saturated heterocycles. The summed E-state index contributed by atoms with van der Waals surface area (Å²) in [5.74, 6) is 0. The molecule has 28 heavy (non-hydrogen) atoms. The third-order valence-electron chi connectivity index (χ3n) is 5.36. The zero-order valence-corrected chi connectivity index (χ0v) is 17.3. The number of aromatic nitrogens is 1. The molecule has 1 N–H and O–H groups in total. The van der Waals surface area contributed by atoms with Crippen LogP contribution in [0.1, 0.15) is 43.4 Å². The van der Waals surface area contributed by atoms with E-state index < -0.39 is 0 Å². The lowest BCUT2D eigenvalue weighted by molar-refractivity contribution is 0.142. The molecule has 1 aromatic carbocycles. The first-order valence-corrected chi connectivity index (χ1v) is 10.5. The fourth-order valence-electron chi connectivity index (χ4n) is 3.72. The molecular weight excluding hydrogens is 374 g/mol. The number of benzene rings is 1. The summed E-state index contributed by atoms with van der Waals surface area (Å²) < 4.78 is 7.38. The maximum atomic E-state index is 12.9. The topological polar surface area (TPSA) is 46.5 Å². The van der Waals surface area contributed by atoms with Crippen molar-refractivity contribution in [3.63, 3.8) is 0 Å².